The van der Waals surface area contributed by atoms with Crippen LogP contribution in [-0.2, 0) is 20.6 Å². The molecular weight excluding hydrogens is 278 g/mol. The summed E-state index contributed by atoms with van der Waals surface area (Å²) >= 11 is 0. The van der Waals surface area contributed by atoms with Crippen LogP contribution in [-0.4, -0.2) is 20.4 Å². The Labute approximate surface area is 119 Å². The number of rotatable bonds is 7. The molecule has 1 unspecified atom stereocenters. The Hall–Kier alpha value is -1.44. The smallest absolute Gasteiger partial charge is 0.224 e. The Kier molecular flexibility index (Phi) is 6.12. The van der Waals surface area contributed by atoms with Gasteiger partial charge in [-0.1, -0.05) is 12.1 Å². The third-order valence-electron chi connectivity index (χ3n) is 2.67. The van der Waals surface area contributed by atoms with Gasteiger partial charge in [-0.15, -0.1) is 0 Å². The number of amides is 1. The SMILES string of the molecule is CC(N)CCCC(=O)Nc1ccc(CS(N)(=O)=O)cc1. The van der Waals surface area contributed by atoms with Gasteiger partial charge in [0.05, 0.1) is 5.75 Å². The first-order chi connectivity index (χ1) is 9.26. The van der Waals surface area contributed by atoms with Crippen LogP contribution in [0.4, 0.5) is 5.69 Å². The number of sulfonamides is 1. The molecule has 6 nitrogen and oxygen atoms in total. The lowest BCUT2D eigenvalue weighted by atomic mass is 10.1. The average molecular weight is 299 g/mol. The lowest BCUT2D eigenvalue weighted by molar-refractivity contribution is -0.116. The molecule has 7 heteroatoms. The van der Waals surface area contributed by atoms with Gasteiger partial charge in [-0.2, -0.15) is 0 Å². The summed E-state index contributed by atoms with van der Waals surface area (Å²) in [6, 6.07) is 6.66. The van der Waals surface area contributed by atoms with Crippen molar-refractivity contribution in [1.82, 2.24) is 0 Å². The fraction of sp³-hybridized carbons (Fsp3) is 0.462. The van der Waals surface area contributed by atoms with Gasteiger partial charge >= 0.3 is 0 Å². The Morgan fingerprint density at radius 1 is 1.30 bits per heavy atom. The highest BCUT2D eigenvalue weighted by molar-refractivity contribution is 7.88. The lowest BCUT2D eigenvalue weighted by Gasteiger charge is -2.07. The summed E-state index contributed by atoms with van der Waals surface area (Å²) < 4.78 is 21.9. The first-order valence-electron chi connectivity index (χ1n) is 6.41. The molecule has 1 atom stereocenters. The number of anilines is 1. The number of carbonyl (C=O) groups excluding carboxylic acids is 1. The standard InChI is InChI=1S/C13H21N3O3S/c1-10(14)3-2-4-13(17)16-12-7-5-11(6-8-12)9-20(15,18)19/h5-8,10H,2-4,9,14H2,1H3,(H,16,17)(H2,15,18,19). The van der Waals surface area contributed by atoms with Crippen LogP contribution in [0.2, 0.25) is 0 Å². The molecule has 0 aromatic heterocycles. The molecule has 0 bridgehead atoms. The van der Waals surface area contributed by atoms with Crippen molar-refractivity contribution in [3.8, 4) is 0 Å². The van der Waals surface area contributed by atoms with Crippen molar-refractivity contribution in [2.45, 2.75) is 38.0 Å². The van der Waals surface area contributed by atoms with Gasteiger partial charge in [0, 0.05) is 18.2 Å². The summed E-state index contributed by atoms with van der Waals surface area (Å²) in [6.45, 7) is 1.90. The Morgan fingerprint density at radius 2 is 1.90 bits per heavy atom. The van der Waals surface area contributed by atoms with E-state index < -0.39 is 10.0 Å². The number of benzene rings is 1. The van der Waals surface area contributed by atoms with Gasteiger partial charge in [0.1, 0.15) is 0 Å². The minimum absolute atomic E-state index is 0.0788. The first kappa shape index (κ1) is 16.6. The van der Waals surface area contributed by atoms with Crippen LogP contribution in [0.1, 0.15) is 31.7 Å². The maximum Gasteiger partial charge on any atom is 0.224 e. The summed E-state index contributed by atoms with van der Waals surface area (Å²) in [5, 5.41) is 7.70. The fourth-order valence-corrected chi connectivity index (χ4v) is 2.38. The molecule has 0 saturated carbocycles. The summed E-state index contributed by atoms with van der Waals surface area (Å²) in [5.74, 6) is -0.292. The average Bonchev–Trinajstić information content (AvgIpc) is 2.29. The number of nitrogens with one attached hydrogen (secondary N) is 1. The molecule has 0 radical (unpaired) electrons. The molecule has 1 aromatic rings. The lowest BCUT2D eigenvalue weighted by Crippen LogP contribution is -2.17. The molecule has 5 N–H and O–H groups in total. The van der Waals surface area contributed by atoms with Crippen LogP contribution < -0.4 is 16.2 Å². The molecule has 0 heterocycles. The van der Waals surface area contributed by atoms with E-state index in [-0.39, 0.29) is 17.7 Å². The molecule has 1 amide bonds. The van der Waals surface area contributed by atoms with E-state index in [0.29, 0.717) is 17.7 Å². The molecule has 1 rings (SSSR count). The van der Waals surface area contributed by atoms with Gasteiger partial charge in [0.15, 0.2) is 0 Å². The highest BCUT2D eigenvalue weighted by Gasteiger charge is 2.06. The van der Waals surface area contributed by atoms with Crippen LogP contribution in [0, 0.1) is 0 Å². The third kappa shape index (κ3) is 7.22. The minimum Gasteiger partial charge on any atom is -0.328 e. The van der Waals surface area contributed by atoms with E-state index in [0.717, 1.165) is 12.8 Å². The number of primary sulfonamides is 1. The molecule has 0 aliphatic carbocycles. The van der Waals surface area contributed by atoms with E-state index in [1.54, 1.807) is 24.3 Å². The van der Waals surface area contributed by atoms with Crippen LogP contribution in [0.15, 0.2) is 24.3 Å². The highest BCUT2D eigenvalue weighted by Crippen LogP contribution is 2.12. The van der Waals surface area contributed by atoms with Crippen molar-refractivity contribution in [3.05, 3.63) is 29.8 Å². The molecule has 1 aromatic carbocycles. The van der Waals surface area contributed by atoms with Gasteiger partial charge in [-0.25, -0.2) is 13.6 Å². The van der Waals surface area contributed by atoms with Crippen LogP contribution in [0.3, 0.4) is 0 Å². The predicted octanol–water partition coefficient (Wildman–Crippen LogP) is 0.931. The number of hydrogen-bond acceptors (Lipinski definition) is 4. The largest absolute Gasteiger partial charge is 0.328 e. The van der Waals surface area contributed by atoms with Gasteiger partial charge in [0.2, 0.25) is 15.9 Å². The van der Waals surface area contributed by atoms with Gasteiger partial charge in [-0.3, -0.25) is 4.79 Å². The van der Waals surface area contributed by atoms with Crippen molar-refractivity contribution in [1.29, 1.82) is 0 Å². The van der Waals surface area contributed by atoms with Crippen LogP contribution in [0.5, 0.6) is 0 Å². The second-order valence-electron chi connectivity index (χ2n) is 4.92. The van der Waals surface area contributed by atoms with E-state index in [9.17, 15) is 13.2 Å². The van der Waals surface area contributed by atoms with Crippen molar-refractivity contribution in [2.75, 3.05) is 5.32 Å². The maximum absolute atomic E-state index is 11.6. The molecular formula is C13H21N3O3S. The van der Waals surface area contributed by atoms with Gasteiger partial charge in [-0.05, 0) is 37.5 Å². The second-order valence-corrected chi connectivity index (χ2v) is 6.54. The Bertz CT molecular complexity index is 538. The van der Waals surface area contributed by atoms with Crippen LogP contribution in [0.25, 0.3) is 0 Å². The first-order valence-corrected chi connectivity index (χ1v) is 8.12. The van der Waals surface area contributed by atoms with Crippen LogP contribution >= 0.6 is 0 Å². The summed E-state index contributed by atoms with van der Waals surface area (Å²) in [7, 11) is -3.53. The van der Waals surface area contributed by atoms with E-state index in [1.807, 2.05) is 6.92 Å². The molecule has 0 fully saturated rings. The van der Waals surface area contributed by atoms with E-state index in [4.69, 9.17) is 10.9 Å². The summed E-state index contributed by atoms with van der Waals surface area (Å²) in [4.78, 5) is 11.6. The molecule has 20 heavy (non-hydrogen) atoms. The number of hydrogen-bond donors (Lipinski definition) is 3. The van der Waals surface area contributed by atoms with Gasteiger partial charge in [0.25, 0.3) is 0 Å². The van der Waals surface area contributed by atoms with Gasteiger partial charge < -0.3 is 11.1 Å². The molecule has 0 aliphatic heterocycles. The normalized spacial score (nSPS) is 12.9. The summed E-state index contributed by atoms with van der Waals surface area (Å²) in [6.07, 6.45) is 1.97. The zero-order chi connectivity index (χ0) is 15.2. The predicted molar refractivity (Wildman–Crippen MR) is 79.4 cm³/mol. The Balaban J connectivity index is 2.47. The molecule has 0 saturated heterocycles. The van der Waals surface area contributed by atoms with E-state index >= 15 is 0 Å². The molecule has 112 valence electrons. The topological polar surface area (TPSA) is 115 Å². The second kappa shape index (κ2) is 7.37. The van der Waals surface area contributed by atoms with Crippen molar-refractivity contribution < 1.29 is 13.2 Å². The number of carbonyl (C=O) groups is 1. The molecule has 0 aliphatic rings. The van der Waals surface area contributed by atoms with Crippen molar-refractivity contribution in [3.63, 3.8) is 0 Å². The Morgan fingerprint density at radius 3 is 2.40 bits per heavy atom. The molecule has 0 spiro atoms. The monoisotopic (exact) mass is 299 g/mol. The quantitative estimate of drug-likeness (QED) is 0.694. The fourth-order valence-electron chi connectivity index (χ4n) is 1.72. The summed E-state index contributed by atoms with van der Waals surface area (Å²) in [5.41, 5.74) is 6.83. The van der Waals surface area contributed by atoms with E-state index in [1.165, 1.54) is 0 Å². The van der Waals surface area contributed by atoms with Crippen molar-refractivity contribution >= 4 is 21.6 Å². The minimum atomic E-state index is -3.53. The maximum atomic E-state index is 11.6. The van der Waals surface area contributed by atoms with E-state index in [2.05, 4.69) is 5.32 Å². The number of nitrogens with two attached hydrogens (primary N) is 2. The van der Waals surface area contributed by atoms with Crippen molar-refractivity contribution in [2.24, 2.45) is 10.9 Å². The third-order valence-corrected chi connectivity index (χ3v) is 3.40. The highest BCUT2D eigenvalue weighted by atomic mass is 32.2. The zero-order valence-electron chi connectivity index (χ0n) is 11.5. The zero-order valence-corrected chi connectivity index (χ0v) is 12.3.